The van der Waals surface area contributed by atoms with Gasteiger partial charge in [-0.1, -0.05) is 80.1 Å². The zero-order chi connectivity index (χ0) is 36.4. The van der Waals surface area contributed by atoms with Crippen LogP contribution in [0.2, 0.25) is 0 Å². The maximum absolute atomic E-state index is 12.2. The van der Waals surface area contributed by atoms with Gasteiger partial charge in [-0.15, -0.1) is 0 Å². The highest BCUT2D eigenvalue weighted by Gasteiger charge is 2.20. The lowest BCUT2D eigenvalue weighted by atomic mass is 10.2. The highest BCUT2D eigenvalue weighted by molar-refractivity contribution is 7.91. The summed E-state index contributed by atoms with van der Waals surface area (Å²) < 4.78 is 14.9. The number of hydrogen-bond acceptors (Lipinski definition) is 3. The van der Waals surface area contributed by atoms with Crippen molar-refractivity contribution in [3.8, 4) is 0 Å². The summed E-state index contributed by atoms with van der Waals surface area (Å²) in [7, 11) is 4.89. The van der Waals surface area contributed by atoms with E-state index >= 15 is 0 Å². The van der Waals surface area contributed by atoms with Crippen LogP contribution in [0.15, 0.2) is 58.3 Å². The van der Waals surface area contributed by atoms with E-state index in [0.29, 0.717) is 9.79 Å². The molecule has 0 unspecified atom stereocenters. The van der Waals surface area contributed by atoms with E-state index in [1.165, 1.54) is 174 Å². The fourth-order valence-electron chi connectivity index (χ4n) is 5.49. The third-order valence-electron chi connectivity index (χ3n) is 8.94. The zero-order valence-corrected chi connectivity index (χ0v) is 32.6. The van der Waals surface area contributed by atoms with E-state index in [1.807, 2.05) is 0 Å². The third-order valence-corrected chi connectivity index (χ3v) is 10.3. The van der Waals surface area contributed by atoms with Gasteiger partial charge in [0.05, 0.1) is 64.5 Å². The van der Waals surface area contributed by atoms with E-state index < -0.39 is 23.1 Å². The molecule has 0 radical (unpaired) electrons. The second kappa shape index (κ2) is 26.5. The van der Waals surface area contributed by atoms with Crippen LogP contribution in [0.3, 0.4) is 0 Å². The zero-order valence-electron chi connectivity index (χ0n) is 31.8. The number of benzene rings is 2. The fraction of sp³-hybridized carbons (Fsp3) is 0.650. The Kier molecular flexibility index (Phi) is 25.2. The van der Waals surface area contributed by atoms with Crippen molar-refractivity contribution < 1.29 is 33.3 Å². The summed E-state index contributed by atoms with van der Waals surface area (Å²) in [4.78, 5) is 22.4. The van der Waals surface area contributed by atoms with Crippen molar-refractivity contribution >= 4 is 23.1 Å². The second-order valence-electron chi connectivity index (χ2n) is 13.6. The van der Waals surface area contributed by atoms with Crippen molar-refractivity contribution in [3.05, 3.63) is 59.7 Å². The molecular weight excluding hydrogens is 621 g/mol. The number of quaternary nitrogens is 2. The van der Waals surface area contributed by atoms with Crippen LogP contribution in [0.25, 0.3) is 0 Å². The largest absolute Gasteiger partial charge is 0.606 e. The molecule has 0 heterocycles. The Balaban J connectivity index is 0.000000712. The number of hydrogen-bond donors (Lipinski definition) is 2. The summed E-state index contributed by atoms with van der Waals surface area (Å²) in [5.41, 5.74) is 0.235. The smallest absolute Gasteiger partial charge is 0.335 e. The Morgan fingerprint density at radius 1 is 0.500 bits per heavy atom. The van der Waals surface area contributed by atoms with E-state index in [9.17, 15) is 14.1 Å². The fourth-order valence-corrected chi connectivity index (χ4v) is 6.53. The molecular formula is C40H70N2O5S+2. The molecule has 0 fully saturated rings. The predicted molar refractivity (Wildman–Crippen MR) is 202 cm³/mol. The normalized spacial score (nSPS) is 11.4. The van der Waals surface area contributed by atoms with Crippen LogP contribution in [-0.2, 0) is 11.2 Å². The van der Waals surface area contributed by atoms with Crippen molar-refractivity contribution in [1.29, 1.82) is 0 Å². The first kappa shape index (κ1) is 45.6. The summed E-state index contributed by atoms with van der Waals surface area (Å²) in [6.45, 7) is 22.1. The van der Waals surface area contributed by atoms with Crippen molar-refractivity contribution in [2.24, 2.45) is 0 Å². The number of carboxylic acids is 2. The summed E-state index contributed by atoms with van der Waals surface area (Å²) in [5.74, 6) is -2.10. The molecule has 2 aromatic carbocycles. The lowest BCUT2D eigenvalue weighted by molar-refractivity contribution is -0.910. The molecule has 8 heteroatoms. The molecule has 0 spiro atoms. The van der Waals surface area contributed by atoms with Gasteiger partial charge in [-0.05, 0) is 87.1 Å². The van der Waals surface area contributed by atoms with Gasteiger partial charge >= 0.3 is 11.9 Å². The Hall–Kier alpha value is -2.39. The van der Waals surface area contributed by atoms with Crippen LogP contribution < -0.4 is 0 Å². The van der Waals surface area contributed by atoms with Gasteiger partial charge in [0.15, 0.2) is 9.79 Å². The highest BCUT2D eigenvalue weighted by atomic mass is 32.2. The van der Waals surface area contributed by atoms with Crippen molar-refractivity contribution in [2.75, 3.05) is 53.4 Å². The lowest BCUT2D eigenvalue weighted by Gasteiger charge is -2.34. The van der Waals surface area contributed by atoms with Crippen LogP contribution >= 0.6 is 0 Å². The molecule has 0 aliphatic rings. The Morgan fingerprint density at radius 3 is 0.875 bits per heavy atom. The van der Waals surface area contributed by atoms with Crippen LogP contribution in [0.4, 0.5) is 0 Å². The number of aromatic carboxylic acids is 2. The minimum atomic E-state index is -1.48. The van der Waals surface area contributed by atoms with E-state index in [4.69, 9.17) is 10.2 Å². The average molecular weight is 691 g/mol. The number of nitrogens with zero attached hydrogens (tertiary/aromatic N) is 2. The molecule has 0 aliphatic heterocycles. The van der Waals surface area contributed by atoms with Crippen molar-refractivity contribution in [1.82, 2.24) is 0 Å². The summed E-state index contributed by atoms with van der Waals surface area (Å²) in [5, 5.41) is 17.6. The topological polar surface area (TPSA) is 97.7 Å². The minimum Gasteiger partial charge on any atom is -0.606 e. The molecule has 0 atom stereocenters. The average Bonchev–Trinajstić information content (AvgIpc) is 3.10. The number of carbonyl (C=O) groups is 2. The maximum Gasteiger partial charge on any atom is 0.335 e. The van der Waals surface area contributed by atoms with Gasteiger partial charge in [0.2, 0.25) is 0 Å². The van der Waals surface area contributed by atoms with Gasteiger partial charge in [-0.3, -0.25) is 0 Å². The van der Waals surface area contributed by atoms with E-state index in [0.717, 1.165) is 0 Å². The van der Waals surface area contributed by atoms with Crippen LogP contribution in [-0.4, -0.2) is 89.0 Å². The van der Waals surface area contributed by atoms with E-state index in [1.54, 1.807) is 0 Å². The Bertz CT molecular complexity index is 977. The standard InChI is InChI=1S/C14H10O5S.2C13H30N/c15-13(16)9-1-5-11(6-2-9)20(19)12-7-3-10(4-8-12)14(17)18;2*1-5-8-11-14(4,12-9-6-2)13-10-7-3/h1-8H,(H,15,16)(H,17,18);2*5-13H2,1-4H3/q;2*+1. The van der Waals surface area contributed by atoms with Gasteiger partial charge in [0.25, 0.3) is 0 Å². The predicted octanol–water partition coefficient (Wildman–Crippen LogP) is 9.92. The van der Waals surface area contributed by atoms with Gasteiger partial charge < -0.3 is 23.7 Å². The second-order valence-corrected chi connectivity index (χ2v) is 15.1. The van der Waals surface area contributed by atoms with Gasteiger partial charge in [-0.25, -0.2) is 9.59 Å². The Labute approximate surface area is 297 Å². The molecule has 2 N–H and O–H groups in total. The molecule has 0 bridgehead atoms. The van der Waals surface area contributed by atoms with Crippen molar-refractivity contribution in [2.45, 2.75) is 128 Å². The number of carboxylic acid groups (broad SMARTS) is 2. The number of rotatable bonds is 22. The number of unbranched alkanes of at least 4 members (excludes halogenated alkanes) is 6. The minimum absolute atomic E-state index is 0.118. The molecule has 0 aromatic heterocycles. The first-order valence-electron chi connectivity index (χ1n) is 18.6. The van der Waals surface area contributed by atoms with Crippen LogP contribution in [0.1, 0.15) is 139 Å². The van der Waals surface area contributed by atoms with Gasteiger partial charge in [-0.2, -0.15) is 0 Å². The molecule has 2 aromatic rings. The first-order valence-corrected chi connectivity index (χ1v) is 19.8. The summed E-state index contributed by atoms with van der Waals surface area (Å²) in [6.07, 6.45) is 16.4. The molecule has 2 rings (SSSR count). The molecule has 0 saturated carbocycles. The summed E-state index contributed by atoms with van der Waals surface area (Å²) in [6, 6.07) is 11.4. The Morgan fingerprint density at radius 2 is 0.708 bits per heavy atom. The molecule has 7 nitrogen and oxygen atoms in total. The maximum atomic E-state index is 12.2. The summed E-state index contributed by atoms with van der Waals surface area (Å²) >= 11 is -1.48. The van der Waals surface area contributed by atoms with Crippen molar-refractivity contribution in [3.63, 3.8) is 0 Å². The third kappa shape index (κ3) is 19.6. The van der Waals surface area contributed by atoms with Crippen LogP contribution in [0.5, 0.6) is 0 Å². The van der Waals surface area contributed by atoms with E-state index in [2.05, 4.69) is 55.6 Å². The van der Waals surface area contributed by atoms with E-state index in [-0.39, 0.29) is 11.1 Å². The molecule has 0 saturated heterocycles. The van der Waals surface area contributed by atoms with Gasteiger partial charge in [0, 0.05) is 11.2 Å². The lowest BCUT2D eigenvalue weighted by Crippen LogP contribution is -2.46. The molecule has 48 heavy (non-hydrogen) atoms. The van der Waals surface area contributed by atoms with Crippen LogP contribution in [0, 0.1) is 0 Å². The molecule has 0 aliphatic carbocycles. The monoisotopic (exact) mass is 690 g/mol. The highest BCUT2D eigenvalue weighted by Crippen LogP contribution is 2.22. The quantitative estimate of drug-likeness (QED) is 0.0947. The molecule has 274 valence electrons. The SMILES string of the molecule is CCCC[N+](C)(CCCC)CCCC.CCCC[N+](C)(CCCC)CCCC.O=C(O)c1ccc([S+]([O-])c2ccc(C(=O)O)cc2)cc1. The first-order chi connectivity index (χ1) is 22.9. The molecule has 0 amide bonds. The van der Waals surface area contributed by atoms with Gasteiger partial charge in [0.1, 0.15) is 0 Å².